The van der Waals surface area contributed by atoms with Gasteiger partial charge in [0.1, 0.15) is 5.82 Å². The van der Waals surface area contributed by atoms with Crippen molar-refractivity contribution in [2.75, 3.05) is 25.0 Å². The molecule has 1 aliphatic carbocycles. The summed E-state index contributed by atoms with van der Waals surface area (Å²) in [5.74, 6) is 1.67. The van der Waals surface area contributed by atoms with Gasteiger partial charge in [-0.25, -0.2) is 4.98 Å². The number of hydrogen-bond acceptors (Lipinski definition) is 4. The van der Waals surface area contributed by atoms with Crippen LogP contribution < -0.4 is 10.2 Å². The second-order valence-electron chi connectivity index (χ2n) is 6.03. The quantitative estimate of drug-likeness (QED) is 0.749. The van der Waals surface area contributed by atoms with Gasteiger partial charge in [0, 0.05) is 26.3 Å². The second kappa shape index (κ2) is 7.04. The molecule has 4 nitrogen and oxygen atoms in total. The lowest BCUT2D eigenvalue weighted by Crippen LogP contribution is -2.37. The van der Waals surface area contributed by atoms with Crippen LogP contribution in [0.2, 0.25) is 0 Å². The van der Waals surface area contributed by atoms with Gasteiger partial charge in [0.2, 0.25) is 0 Å². The van der Waals surface area contributed by atoms with E-state index >= 15 is 0 Å². The van der Waals surface area contributed by atoms with E-state index < -0.39 is 0 Å². The van der Waals surface area contributed by atoms with Crippen molar-refractivity contribution >= 4 is 5.82 Å². The van der Waals surface area contributed by atoms with Gasteiger partial charge in [-0.15, -0.1) is 0 Å². The van der Waals surface area contributed by atoms with Gasteiger partial charge in [-0.1, -0.05) is 6.92 Å². The predicted molar refractivity (Wildman–Crippen MR) is 83.0 cm³/mol. The van der Waals surface area contributed by atoms with Crippen LogP contribution in [0.15, 0.2) is 12.3 Å². The van der Waals surface area contributed by atoms with E-state index in [0.717, 1.165) is 44.7 Å². The lowest BCUT2D eigenvalue weighted by atomic mass is 9.82. The molecule has 0 saturated heterocycles. The number of hydrogen-bond donors (Lipinski definition) is 2. The molecular formula is C16H27N3O. The first-order valence-corrected chi connectivity index (χ1v) is 7.65. The highest BCUT2D eigenvalue weighted by Gasteiger charge is 2.28. The molecule has 0 amide bonds. The Kier molecular flexibility index (Phi) is 5.38. The standard InChI is InChI=1S/C16H27N3O/c1-4-5-17-9-14-6-12(2)16(18-10-14)19(3)11-13-7-15(20)8-13/h6,10,13,15,17,20H,4-5,7-9,11H2,1-3H3. The van der Waals surface area contributed by atoms with E-state index in [1.165, 1.54) is 11.1 Å². The SMILES string of the molecule is CCCNCc1cnc(N(C)CC2CC(O)C2)c(C)c1. The van der Waals surface area contributed by atoms with Gasteiger partial charge in [-0.3, -0.25) is 0 Å². The molecule has 20 heavy (non-hydrogen) atoms. The maximum atomic E-state index is 9.35. The van der Waals surface area contributed by atoms with Gasteiger partial charge < -0.3 is 15.3 Å². The van der Waals surface area contributed by atoms with Crippen molar-refractivity contribution in [1.82, 2.24) is 10.3 Å². The highest BCUT2D eigenvalue weighted by molar-refractivity contribution is 5.46. The minimum absolute atomic E-state index is 0.0746. The molecule has 2 N–H and O–H groups in total. The van der Waals surface area contributed by atoms with E-state index in [-0.39, 0.29) is 6.10 Å². The minimum Gasteiger partial charge on any atom is -0.393 e. The molecule has 1 saturated carbocycles. The monoisotopic (exact) mass is 277 g/mol. The van der Waals surface area contributed by atoms with E-state index in [2.05, 4.69) is 42.2 Å². The number of pyridine rings is 1. The molecule has 0 aromatic carbocycles. The highest BCUT2D eigenvalue weighted by Crippen LogP contribution is 2.29. The van der Waals surface area contributed by atoms with Crippen molar-refractivity contribution in [1.29, 1.82) is 0 Å². The molecule has 0 unspecified atom stereocenters. The smallest absolute Gasteiger partial charge is 0.131 e. The number of nitrogens with zero attached hydrogens (tertiary/aromatic N) is 2. The fourth-order valence-electron chi connectivity index (χ4n) is 2.85. The van der Waals surface area contributed by atoms with Gasteiger partial charge in [-0.2, -0.15) is 0 Å². The molecule has 0 aliphatic heterocycles. The summed E-state index contributed by atoms with van der Waals surface area (Å²) in [6.45, 7) is 7.22. The molecule has 0 bridgehead atoms. The zero-order chi connectivity index (χ0) is 14.5. The molecule has 0 atom stereocenters. The fourth-order valence-corrected chi connectivity index (χ4v) is 2.85. The van der Waals surface area contributed by atoms with Crippen LogP contribution in [-0.2, 0) is 6.54 Å². The van der Waals surface area contributed by atoms with Crippen molar-refractivity contribution in [3.63, 3.8) is 0 Å². The third-order valence-corrected chi connectivity index (χ3v) is 3.97. The first-order valence-electron chi connectivity index (χ1n) is 7.65. The Morgan fingerprint density at radius 2 is 2.20 bits per heavy atom. The maximum absolute atomic E-state index is 9.35. The summed E-state index contributed by atoms with van der Waals surface area (Å²) in [5, 5.41) is 12.8. The van der Waals surface area contributed by atoms with Gasteiger partial charge in [0.05, 0.1) is 6.10 Å². The fraction of sp³-hybridized carbons (Fsp3) is 0.688. The van der Waals surface area contributed by atoms with E-state index in [4.69, 9.17) is 0 Å². The van der Waals surface area contributed by atoms with Gasteiger partial charge in [0.25, 0.3) is 0 Å². The Balaban J connectivity index is 1.90. The van der Waals surface area contributed by atoms with Gasteiger partial charge in [0.15, 0.2) is 0 Å². The third kappa shape index (κ3) is 3.93. The summed E-state index contributed by atoms with van der Waals surface area (Å²) in [7, 11) is 2.09. The zero-order valence-electron chi connectivity index (χ0n) is 12.9. The van der Waals surface area contributed by atoms with Crippen molar-refractivity contribution < 1.29 is 5.11 Å². The molecule has 4 heteroatoms. The second-order valence-corrected chi connectivity index (χ2v) is 6.03. The van der Waals surface area contributed by atoms with Crippen LogP contribution in [0.25, 0.3) is 0 Å². The highest BCUT2D eigenvalue weighted by atomic mass is 16.3. The van der Waals surface area contributed by atoms with Crippen molar-refractivity contribution in [2.45, 2.75) is 45.8 Å². The molecule has 2 rings (SSSR count). The molecule has 1 heterocycles. The predicted octanol–water partition coefficient (Wildman–Crippen LogP) is 2.10. The van der Waals surface area contributed by atoms with Crippen LogP contribution in [0.5, 0.6) is 0 Å². The molecule has 0 spiro atoms. The van der Waals surface area contributed by atoms with Crippen LogP contribution in [0.4, 0.5) is 5.82 Å². The molecule has 0 radical (unpaired) electrons. The first-order chi connectivity index (χ1) is 9.60. The largest absolute Gasteiger partial charge is 0.393 e. The van der Waals surface area contributed by atoms with Crippen LogP contribution in [0.3, 0.4) is 0 Å². The van der Waals surface area contributed by atoms with Crippen LogP contribution in [0.1, 0.15) is 37.3 Å². The number of anilines is 1. The molecule has 1 aliphatic rings. The van der Waals surface area contributed by atoms with Crippen LogP contribution in [0, 0.1) is 12.8 Å². The molecule has 1 aromatic heterocycles. The van der Waals surface area contributed by atoms with E-state index in [1.807, 2.05) is 6.20 Å². The first kappa shape index (κ1) is 15.3. The molecule has 1 fully saturated rings. The average molecular weight is 277 g/mol. The number of aromatic nitrogens is 1. The summed E-state index contributed by atoms with van der Waals surface area (Å²) in [6.07, 6.45) is 4.91. The summed E-state index contributed by atoms with van der Waals surface area (Å²) < 4.78 is 0. The normalized spacial score (nSPS) is 21.6. The summed E-state index contributed by atoms with van der Waals surface area (Å²) in [4.78, 5) is 6.83. The Bertz CT molecular complexity index is 430. The Labute approximate surface area is 122 Å². The zero-order valence-corrected chi connectivity index (χ0v) is 12.9. The van der Waals surface area contributed by atoms with Crippen molar-refractivity contribution in [2.24, 2.45) is 5.92 Å². The lowest BCUT2D eigenvalue weighted by molar-refractivity contribution is 0.0464. The van der Waals surface area contributed by atoms with Crippen molar-refractivity contribution in [3.8, 4) is 0 Å². The van der Waals surface area contributed by atoms with Crippen LogP contribution >= 0.6 is 0 Å². The Morgan fingerprint density at radius 3 is 2.80 bits per heavy atom. The number of aryl methyl sites for hydroxylation is 1. The van der Waals surface area contributed by atoms with Gasteiger partial charge in [-0.05, 0) is 55.8 Å². The van der Waals surface area contributed by atoms with E-state index in [1.54, 1.807) is 0 Å². The topological polar surface area (TPSA) is 48.4 Å². The minimum atomic E-state index is -0.0746. The Hall–Kier alpha value is -1.13. The van der Waals surface area contributed by atoms with Gasteiger partial charge >= 0.3 is 0 Å². The Morgan fingerprint density at radius 1 is 1.45 bits per heavy atom. The summed E-state index contributed by atoms with van der Waals surface area (Å²) in [6, 6.07) is 2.22. The molecule has 112 valence electrons. The number of nitrogens with one attached hydrogen (secondary N) is 1. The maximum Gasteiger partial charge on any atom is 0.131 e. The van der Waals surface area contributed by atoms with E-state index in [0.29, 0.717) is 5.92 Å². The van der Waals surface area contributed by atoms with Crippen molar-refractivity contribution in [3.05, 3.63) is 23.4 Å². The van der Waals surface area contributed by atoms with E-state index in [9.17, 15) is 5.11 Å². The summed E-state index contributed by atoms with van der Waals surface area (Å²) >= 11 is 0. The number of aliphatic hydroxyl groups excluding tert-OH is 1. The number of aliphatic hydroxyl groups is 1. The molecule has 1 aromatic rings. The molecular weight excluding hydrogens is 250 g/mol. The third-order valence-electron chi connectivity index (χ3n) is 3.97. The summed E-state index contributed by atoms with van der Waals surface area (Å²) in [5.41, 5.74) is 2.47. The lowest BCUT2D eigenvalue weighted by Gasteiger charge is -2.35. The average Bonchev–Trinajstić information content (AvgIpc) is 2.37. The number of rotatable bonds is 7. The van der Waals surface area contributed by atoms with Crippen LogP contribution in [-0.4, -0.2) is 36.3 Å².